The largest absolute Gasteiger partial charge is 0.493 e. The first-order valence-corrected chi connectivity index (χ1v) is 4.64. The second-order valence-corrected chi connectivity index (χ2v) is 2.81. The van der Waals surface area contributed by atoms with Crippen LogP contribution in [0.15, 0.2) is 18.5 Å². The van der Waals surface area contributed by atoms with Crippen LogP contribution < -0.4 is 10.5 Å². The van der Waals surface area contributed by atoms with Crippen molar-refractivity contribution in [2.24, 2.45) is 5.73 Å². The van der Waals surface area contributed by atoms with Gasteiger partial charge < -0.3 is 10.5 Å². The number of aryl methyl sites for hydroxylation is 1. The molecular formula is C10H16N2O. The van der Waals surface area contributed by atoms with Crippen molar-refractivity contribution < 1.29 is 4.74 Å². The SMILES string of the molecule is CCOc1ccncc1CCCN. The number of nitrogens with two attached hydrogens (primary N) is 1. The Balaban J connectivity index is 2.66. The molecule has 0 aliphatic carbocycles. The number of hydrogen-bond donors (Lipinski definition) is 1. The first kappa shape index (κ1) is 9.99. The quantitative estimate of drug-likeness (QED) is 0.744. The Morgan fingerprint density at radius 2 is 2.38 bits per heavy atom. The van der Waals surface area contributed by atoms with Gasteiger partial charge in [-0.2, -0.15) is 0 Å². The lowest BCUT2D eigenvalue weighted by molar-refractivity contribution is 0.336. The van der Waals surface area contributed by atoms with Crippen LogP contribution in [0.4, 0.5) is 0 Å². The van der Waals surface area contributed by atoms with Gasteiger partial charge in [0.05, 0.1) is 6.61 Å². The van der Waals surface area contributed by atoms with Gasteiger partial charge in [0.15, 0.2) is 0 Å². The Bertz CT molecular complexity index is 250. The van der Waals surface area contributed by atoms with Crippen molar-refractivity contribution in [2.45, 2.75) is 19.8 Å². The van der Waals surface area contributed by atoms with Gasteiger partial charge in [-0.05, 0) is 32.4 Å². The molecule has 0 spiro atoms. The number of ether oxygens (including phenoxy) is 1. The number of aromatic nitrogens is 1. The summed E-state index contributed by atoms with van der Waals surface area (Å²) >= 11 is 0. The Hall–Kier alpha value is -1.09. The fourth-order valence-electron chi connectivity index (χ4n) is 1.19. The van der Waals surface area contributed by atoms with Crippen molar-refractivity contribution in [3.63, 3.8) is 0 Å². The summed E-state index contributed by atoms with van der Waals surface area (Å²) in [5.74, 6) is 0.936. The zero-order chi connectivity index (χ0) is 9.52. The molecule has 0 amide bonds. The standard InChI is InChI=1S/C10H16N2O/c1-2-13-10-5-7-12-8-9(10)4-3-6-11/h5,7-8H,2-4,6,11H2,1H3. The summed E-state index contributed by atoms with van der Waals surface area (Å²) in [5, 5.41) is 0. The molecule has 0 unspecified atom stereocenters. The highest BCUT2D eigenvalue weighted by molar-refractivity contribution is 5.30. The minimum atomic E-state index is 0.694. The number of nitrogens with zero attached hydrogens (tertiary/aromatic N) is 1. The van der Waals surface area contributed by atoms with Crippen LogP contribution in [-0.4, -0.2) is 18.1 Å². The molecule has 0 saturated heterocycles. The summed E-state index contributed by atoms with van der Waals surface area (Å²) in [4.78, 5) is 4.06. The van der Waals surface area contributed by atoms with Crippen LogP contribution in [-0.2, 0) is 6.42 Å². The summed E-state index contributed by atoms with van der Waals surface area (Å²) in [6.07, 6.45) is 5.52. The monoisotopic (exact) mass is 180 g/mol. The predicted octanol–water partition coefficient (Wildman–Crippen LogP) is 1.37. The summed E-state index contributed by atoms with van der Waals surface area (Å²) in [7, 11) is 0. The molecule has 1 aromatic heterocycles. The van der Waals surface area contributed by atoms with Crippen molar-refractivity contribution in [1.29, 1.82) is 0 Å². The minimum Gasteiger partial charge on any atom is -0.493 e. The molecule has 13 heavy (non-hydrogen) atoms. The van der Waals surface area contributed by atoms with E-state index in [1.165, 1.54) is 0 Å². The maximum atomic E-state index is 5.45. The van der Waals surface area contributed by atoms with Gasteiger partial charge in [0.25, 0.3) is 0 Å². The van der Waals surface area contributed by atoms with E-state index in [-0.39, 0.29) is 0 Å². The van der Waals surface area contributed by atoms with Gasteiger partial charge in [-0.25, -0.2) is 0 Å². The predicted molar refractivity (Wildman–Crippen MR) is 52.8 cm³/mol. The zero-order valence-corrected chi connectivity index (χ0v) is 7.99. The maximum absolute atomic E-state index is 5.45. The van der Waals surface area contributed by atoms with E-state index < -0.39 is 0 Å². The summed E-state index contributed by atoms with van der Waals surface area (Å²) in [6, 6.07) is 1.90. The van der Waals surface area contributed by atoms with Crippen molar-refractivity contribution in [1.82, 2.24) is 4.98 Å². The Morgan fingerprint density at radius 3 is 3.08 bits per heavy atom. The lowest BCUT2D eigenvalue weighted by atomic mass is 10.1. The summed E-state index contributed by atoms with van der Waals surface area (Å²) < 4.78 is 5.45. The van der Waals surface area contributed by atoms with Crippen LogP contribution >= 0.6 is 0 Å². The Morgan fingerprint density at radius 1 is 1.54 bits per heavy atom. The van der Waals surface area contributed by atoms with Gasteiger partial charge in [-0.1, -0.05) is 0 Å². The van der Waals surface area contributed by atoms with Gasteiger partial charge in [0.2, 0.25) is 0 Å². The first-order chi connectivity index (χ1) is 6.38. The smallest absolute Gasteiger partial charge is 0.125 e. The minimum absolute atomic E-state index is 0.694. The molecule has 0 atom stereocenters. The van der Waals surface area contributed by atoms with Crippen LogP contribution in [0.2, 0.25) is 0 Å². The molecule has 0 aliphatic rings. The molecule has 72 valence electrons. The average molecular weight is 180 g/mol. The van der Waals surface area contributed by atoms with Crippen LogP contribution in [0, 0.1) is 0 Å². The molecular weight excluding hydrogens is 164 g/mol. The number of rotatable bonds is 5. The number of pyridine rings is 1. The molecule has 0 bridgehead atoms. The topological polar surface area (TPSA) is 48.1 Å². The van der Waals surface area contributed by atoms with E-state index in [2.05, 4.69) is 4.98 Å². The van der Waals surface area contributed by atoms with Crippen LogP contribution in [0.3, 0.4) is 0 Å². The third-order valence-electron chi connectivity index (χ3n) is 1.81. The Kier molecular flexibility index (Phi) is 4.26. The van der Waals surface area contributed by atoms with Gasteiger partial charge >= 0.3 is 0 Å². The van der Waals surface area contributed by atoms with Gasteiger partial charge in [0.1, 0.15) is 5.75 Å². The molecule has 0 saturated carbocycles. The Labute approximate surface area is 78.9 Å². The van der Waals surface area contributed by atoms with Gasteiger partial charge in [-0.15, -0.1) is 0 Å². The summed E-state index contributed by atoms with van der Waals surface area (Å²) in [5.41, 5.74) is 6.59. The van der Waals surface area contributed by atoms with Crippen molar-refractivity contribution in [3.05, 3.63) is 24.0 Å². The molecule has 0 aliphatic heterocycles. The van der Waals surface area contributed by atoms with E-state index in [0.29, 0.717) is 13.2 Å². The molecule has 3 nitrogen and oxygen atoms in total. The lowest BCUT2D eigenvalue weighted by Gasteiger charge is -2.08. The highest BCUT2D eigenvalue weighted by atomic mass is 16.5. The van der Waals surface area contributed by atoms with Crippen molar-refractivity contribution in [3.8, 4) is 5.75 Å². The van der Waals surface area contributed by atoms with E-state index in [4.69, 9.17) is 10.5 Å². The molecule has 2 N–H and O–H groups in total. The molecule has 1 rings (SSSR count). The second kappa shape index (κ2) is 5.54. The van der Waals surface area contributed by atoms with Crippen LogP contribution in [0.1, 0.15) is 18.9 Å². The van der Waals surface area contributed by atoms with Crippen LogP contribution in [0.25, 0.3) is 0 Å². The van der Waals surface area contributed by atoms with E-state index >= 15 is 0 Å². The average Bonchev–Trinajstić information content (AvgIpc) is 2.17. The lowest BCUT2D eigenvalue weighted by Crippen LogP contribution is -2.02. The first-order valence-electron chi connectivity index (χ1n) is 4.64. The van der Waals surface area contributed by atoms with Crippen molar-refractivity contribution in [2.75, 3.05) is 13.2 Å². The van der Waals surface area contributed by atoms with E-state index in [0.717, 1.165) is 24.2 Å². The molecule has 0 radical (unpaired) electrons. The van der Waals surface area contributed by atoms with E-state index in [1.807, 2.05) is 19.2 Å². The third-order valence-corrected chi connectivity index (χ3v) is 1.81. The van der Waals surface area contributed by atoms with Crippen LogP contribution in [0.5, 0.6) is 5.75 Å². The second-order valence-electron chi connectivity index (χ2n) is 2.81. The fraction of sp³-hybridized carbons (Fsp3) is 0.500. The van der Waals surface area contributed by atoms with Gasteiger partial charge in [-0.3, -0.25) is 4.98 Å². The normalized spacial score (nSPS) is 10.0. The van der Waals surface area contributed by atoms with E-state index in [1.54, 1.807) is 6.20 Å². The molecule has 0 fully saturated rings. The highest BCUT2D eigenvalue weighted by Crippen LogP contribution is 2.17. The molecule has 0 aromatic carbocycles. The molecule has 1 heterocycles. The zero-order valence-electron chi connectivity index (χ0n) is 7.99. The fourth-order valence-corrected chi connectivity index (χ4v) is 1.19. The van der Waals surface area contributed by atoms with E-state index in [9.17, 15) is 0 Å². The molecule has 1 aromatic rings. The van der Waals surface area contributed by atoms with Crippen molar-refractivity contribution >= 4 is 0 Å². The molecule has 3 heteroatoms. The summed E-state index contributed by atoms with van der Waals surface area (Å²) in [6.45, 7) is 3.38. The number of hydrogen-bond acceptors (Lipinski definition) is 3. The maximum Gasteiger partial charge on any atom is 0.125 e. The third kappa shape index (κ3) is 3.03. The highest BCUT2D eigenvalue weighted by Gasteiger charge is 2.01. The van der Waals surface area contributed by atoms with Gasteiger partial charge in [0, 0.05) is 18.0 Å².